The average molecular weight is 466 g/mol. The molecule has 2 aromatic carbocycles. The number of nitrogens with one attached hydrogen (secondary N) is 1. The number of rotatable bonds is 3. The monoisotopic (exact) mass is 464 g/mol. The van der Waals surface area contributed by atoms with Crippen molar-refractivity contribution in [1.82, 2.24) is 4.98 Å². The largest absolute Gasteiger partial charge is 0.301 e. The molecule has 6 heteroatoms. The molecule has 3 nitrogen and oxygen atoms in total. The number of carbonyl (C=O) groups is 1. The zero-order valence-corrected chi connectivity index (χ0v) is 16.8. The van der Waals surface area contributed by atoms with E-state index in [4.69, 9.17) is 0 Å². The first-order valence-electron chi connectivity index (χ1n) is 7.54. The van der Waals surface area contributed by atoms with Crippen LogP contribution < -0.4 is 5.32 Å². The van der Waals surface area contributed by atoms with E-state index in [1.54, 1.807) is 0 Å². The van der Waals surface area contributed by atoms with Crippen LogP contribution in [-0.2, 0) is 4.79 Å². The molecule has 1 N–H and O–H groups in total. The second kappa shape index (κ2) is 5.64. The molecule has 1 aromatic heterocycles. The molecule has 1 aliphatic rings. The Bertz CT molecular complexity index is 948. The van der Waals surface area contributed by atoms with Crippen molar-refractivity contribution in [3.05, 3.63) is 47.8 Å². The summed E-state index contributed by atoms with van der Waals surface area (Å²) in [6.07, 6.45) is 0.757. The SMILES string of the molecule is C[C@]1(C(=O)Nc2nc(-c3cccc4ccccc34)cs2)CC1(Br)Br. The third kappa shape index (κ3) is 2.61. The zero-order valence-electron chi connectivity index (χ0n) is 12.8. The van der Waals surface area contributed by atoms with Crippen molar-refractivity contribution in [2.24, 2.45) is 5.41 Å². The highest BCUT2D eigenvalue weighted by molar-refractivity contribution is 9.25. The van der Waals surface area contributed by atoms with E-state index in [9.17, 15) is 4.79 Å². The van der Waals surface area contributed by atoms with E-state index in [1.165, 1.54) is 16.7 Å². The van der Waals surface area contributed by atoms with Gasteiger partial charge in [0.2, 0.25) is 5.91 Å². The molecule has 1 atom stereocenters. The van der Waals surface area contributed by atoms with E-state index in [1.807, 2.05) is 30.5 Å². The molecule has 0 aliphatic heterocycles. The third-order valence-corrected chi connectivity index (χ3v) is 7.62. The van der Waals surface area contributed by atoms with Crippen molar-refractivity contribution < 1.29 is 4.79 Å². The molecule has 0 bridgehead atoms. The summed E-state index contributed by atoms with van der Waals surface area (Å²) >= 11 is 8.51. The average Bonchev–Trinajstić information content (AvgIpc) is 2.90. The molecular weight excluding hydrogens is 452 g/mol. The Morgan fingerprint density at radius 1 is 1.21 bits per heavy atom. The number of halogens is 2. The first kappa shape index (κ1) is 16.2. The lowest BCUT2D eigenvalue weighted by Gasteiger charge is -2.11. The summed E-state index contributed by atoms with van der Waals surface area (Å²) in [6.45, 7) is 1.94. The Labute approximate surface area is 160 Å². The summed E-state index contributed by atoms with van der Waals surface area (Å²) in [7, 11) is 0. The molecule has 1 heterocycles. The van der Waals surface area contributed by atoms with Gasteiger partial charge in [0.05, 0.1) is 14.3 Å². The Balaban J connectivity index is 1.62. The van der Waals surface area contributed by atoms with Crippen molar-refractivity contribution in [1.29, 1.82) is 0 Å². The lowest BCUT2D eigenvalue weighted by Crippen LogP contribution is -2.25. The fourth-order valence-electron chi connectivity index (χ4n) is 2.78. The van der Waals surface area contributed by atoms with Crippen LogP contribution in [0.25, 0.3) is 22.0 Å². The minimum Gasteiger partial charge on any atom is -0.301 e. The minimum absolute atomic E-state index is 0.0185. The number of aromatic nitrogens is 1. The fourth-order valence-corrected chi connectivity index (χ4v) is 4.97. The van der Waals surface area contributed by atoms with Crippen LogP contribution in [0.15, 0.2) is 47.8 Å². The van der Waals surface area contributed by atoms with Crippen LogP contribution in [0.5, 0.6) is 0 Å². The highest BCUT2D eigenvalue weighted by atomic mass is 79.9. The van der Waals surface area contributed by atoms with Gasteiger partial charge in [-0.25, -0.2) is 4.98 Å². The van der Waals surface area contributed by atoms with Gasteiger partial charge < -0.3 is 5.32 Å². The number of hydrogen-bond donors (Lipinski definition) is 1. The van der Waals surface area contributed by atoms with E-state index >= 15 is 0 Å². The number of nitrogens with zero attached hydrogens (tertiary/aromatic N) is 1. The van der Waals surface area contributed by atoms with Crippen molar-refractivity contribution in [3.63, 3.8) is 0 Å². The standard InChI is InChI=1S/C18H14Br2N2OS/c1-17(10-18(17,19)20)15(23)22-16-21-14(9-24-16)13-8-4-6-11-5-2-3-7-12(11)13/h2-9H,10H2,1H3,(H,21,22,23)/t17-/m1/s1. The molecule has 0 spiro atoms. The number of hydrogen-bond acceptors (Lipinski definition) is 3. The highest BCUT2D eigenvalue weighted by Gasteiger charge is 2.66. The predicted octanol–water partition coefficient (Wildman–Crippen LogP) is 5.80. The number of anilines is 1. The van der Waals surface area contributed by atoms with Crippen LogP contribution >= 0.6 is 43.2 Å². The van der Waals surface area contributed by atoms with E-state index in [0.29, 0.717) is 5.13 Å². The first-order chi connectivity index (χ1) is 11.4. The minimum atomic E-state index is -0.446. The van der Waals surface area contributed by atoms with Gasteiger partial charge in [0.1, 0.15) is 0 Å². The number of benzene rings is 2. The molecule has 0 radical (unpaired) electrons. The van der Waals surface area contributed by atoms with Gasteiger partial charge in [-0.05, 0) is 24.1 Å². The quantitative estimate of drug-likeness (QED) is 0.496. The summed E-state index contributed by atoms with van der Waals surface area (Å²) in [5, 5.41) is 7.91. The van der Waals surface area contributed by atoms with Crippen molar-refractivity contribution >= 4 is 65.0 Å². The van der Waals surface area contributed by atoms with Crippen molar-refractivity contribution in [2.75, 3.05) is 5.32 Å². The van der Waals surface area contributed by atoms with Crippen LogP contribution in [0.2, 0.25) is 0 Å². The van der Waals surface area contributed by atoms with Crippen LogP contribution in [0.3, 0.4) is 0 Å². The van der Waals surface area contributed by atoms with Crippen LogP contribution in [0.1, 0.15) is 13.3 Å². The predicted molar refractivity (Wildman–Crippen MR) is 107 cm³/mol. The maximum Gasteiger partial charge on any atom is 0.234 e. The molecule has 4 rings (SSSR count). The summed E-state index contributed by atoms with van der Waals surface area (Å²) in [5.41, 5.74) is 1.52. The van der Waals surface area contributed by atoms with Gasteiger partial charge in [-0.15, -0.1) is 11.3 Å². The van der Waals surface area contributed by atoms with Gasteiger partial charge in [-0.2, -0.15) is 0 Å². The van der Waals surface area contributed by atoms with Gasteiger partial charge in [0.15, 0.2) is 5.13 Å². The maximum atomic E-state index is 12.5. The molecule has 3 aromatic rings. The van der Waals surface area contributed by atoms with Crippen LogP contribution in [-0.4, -0.2) is 14.1 Å². The summed E-state index contributed by atoms with van der Waals surface area (Å²) < 4.78 is -0.299. The molecular formula is C18H14Br2N2OS. The van der Waals surface area contributed by atoms with Gasteiger partial charge in [0, 0.05) is 10.9 Å². The second-order valence-corrected chi connectivity index (χ2v) is 10.9. The van der Waals surface area contributed by atoms with Gasteiger partial charge >= 0.3 is 0 Å². The molecule has 24 heavy (non-hydrogen) atoms. The first-order valence-corrected chi connectivity index (χ1v) is 10.0. The van der Waals surface area contributed by atoms with Gasteiger partial charge in [-0.1, -0.05) is 74.3 Å². The molecule has 1 amide bonds. The van der Waals surface area contributed by atoms with Crippen molar-refractivity contribution in [3.8, 4) is 11.3 Å². The molecule has 122 valence electrons. The Morgan fingerprint density at radius 3 is 2.67 bits per heavy atom. The van der Waals surface area contributed by atoms with E-state index in [-0.39, 0.29) is 9.14 Å². The number of carbonyl (C=O) groups excluding carboxylic acids is 1. The lowest BCUT2D eigenvalue weighted by atomic mass is 10.0. The smallest absolute Gasteiger partial charge is 0.234 e. The Hall–Kier alpha value is -1.24. The zero-order chi connectivity index (χ0) is 16.9. The van der Waals surface area contributed by atoms with Crippen LogP contribution in [0.4, 0.5) is 5.13 Å². The van der Waals surface area contributed by atoms with E-state index < -0.39 is 5.41 Å². The second-order valence-electron chi connectivity index (χ2n) is 6.23. The highest BCUT2D eigenvalue weighted by Crippen LogP contribution is 2.66. The third-order valence-electron chi connectivity index (χ3n) is 4.55. The molecule has 1 aliphatic carbocycles. The molecule has 0 unspecified atom stereocenters. The van der Waals surface area contributed by atoms with E-state index in [2.05, 4.69) is 66.4 Å². The number of fused-ring (bicyclic) bond motifs is 1. The Morgan fingerprint density at radius 2 is 1.92 bits per heavy atom. The topological polar surface area (TPSA) is 42.0 Å². The van der Waals surface area contributed by atoms with Gasteiger partial charge in [-0.3, -0.25) is 4.79 Å². The summed E-state index contributed by atoms with van der Waals surface area (Å²) in [4.78, 5) is 17.1. The number of thiazole rings is 1. The summed E-state index contributed by atoms with van der Waals surface area (Å²) in [5.74, 6) is -0.0185. The Kier molecular flexibility index (Phi) is 3.82. The lowest BCUT2D eigenvalue weighted by molar-refractivity contribution is -0.120. The maximum absolute atomic E-state index is 12.5. The molecule has 0 saturated heterocycles. The van der Waals surface area contributed by atoms with E-state index in [0.717, 1.165) is 23.1 Å². The van der Waals surface area contributed by atoms with Crippen LogP contribution in [0, 0.1) is 5.41 Å². The normalized spacial score (nSPS) is 21.6. The van der Waals surface area contributed by atoms with Crippen molar-refractivity contribution in [2.45, 2.75) is 16.6 Å². The molecule has 1 saturated carbocycles. The summed E-state index contributed by atoms with van der Waals surface area (Å²) in [6, 6.07) is 14.4. The fraction of sp³-hybridized carbons (Fsp3) is 0.222. The number of alkyl halides is 2. The number of amides is 1. The molecule has 1 fully saturated rings. The van der Waals surface area contributed by atoms with Gasteiger partial charge in [0.25, 0.3) is 0 Å².